The molecular formula is C20H18N2O2. The topological polar surface area (TPSA) is 66.0 Å². The van der Waals surface area contributed by atoms with E-state index >= 15 is 0 Å². The molecule has 24 heavy (non-hydrogen) atoms. The molecular weight excluding hydrogens is 300 g/mol. The molecule has 0 spiro atoms. The van der Waals surface area contributed by atoms with Gasteiger partial charge in [-0.25, -0.2) is 0 Å². The molecule has 2 aromatic carbocycles. The highest BCUT2D eigenvalue weighted by Gasteiger charge is 2.23. The Kier molecular flexibility index (Phi) is 4.99. The van der Waals surface area contributed by atoms with Crippen LogP contribution in [0.15, 0.2) is 48.5 Å². The molecule has 4 nitrogen and oxygen atoms in total. The number of hydrogen-bond donors (Lipinski definition) is 0. The second-order valence-electron chi connectivity index (χ2n) is 5.91. The van der Waals surface area contributed by atoms with Crippen molar-refractivity contribution in [2.45, 2.75) is 37.9 Å². The third-order valence-corrected chi connectivity index (χ3v) is 4.19. The summed E-state index contributed by atoms with van der Waals surface area (Å²) >= 11 is 0. The molecule has 3 rings (SSSR count). The van der Waals surface area contributed by atoms with Crippen molar-refractivity contribution >= 4 is 0 Å². The van der Waals surface area contributed by atoms with Gasteiger partial charge in [-0.1, -0.05) is 0 Å². The van der Waals surface area contributed by atoms with Crippen LogP contribution in [-0.2, 0) is 0 Å². The van der Waals surface area contributed by atoms with Crippen molar-refractivity contribution in [1.82, 2.24) is 0 Å². The molecule has 1 fully saturated rings. The Balaban J connectivity index is 1.48. The smallest absolute Gasteiger partial charge is 0.119 e. The first-order valence-electron chi connectivity index (χ1n) is 8.10. The zero-order chi connectivity index (χ0) is 16.8. The Morgan fingerprint density at radius 3 is 1.25 bits per heavy atom. The maximum absolute atomic E-state index is 8.81. The van der Waals surface area contributed by atoms with E-state index in [0.29, 0.717) is 11.1 Å². The molecule has 0 aliphatic heterocycles. The number of hydrogen-bond acceptors (Lipinski definition) is 4. The maximum atomic E-state index is 8.81. The van der Waals surface area contributed by atoms with Crippen molar-refractivity contribution in [3.05, 3.63) is 59.7 Å². The summed E-state index contributed by atoms with van der Waals surface area (Å²) in [4.78, 5) is 0. The number of ether oxygens (including phenoxy) is 2. The maximum Gasteiger partial charge on any atom is 0.119 e. The lowest BCUT2D eigenvalue weighted by Crippen LogP contribution is -2.30. The molecule has 0 radical (unpaired) electrons. The summed E-state index contributed by atoms with van der Waals surface area (Å²) < 4.78 is 12.0. The van der Waals surface area contributed by atoms with Gasteiger partial charge in [-0.05, 0) is 74.2 Å². The number of rotatable bonds is 4. The van der Waals surface area contributed by atoms with Gasteiger partial charge in [-0.2, -0.15) is 10.5 Å². The number of nitriles is 2. The average Bonchev–Trinajstić information content (AvgIpc) is 2.65. The van der Waals surface area contributed by atoms with Gasteiger partial charge in [-0.15, -0.1) is 0 Å². The van der Waals surface area contributed by atoms with Gasteiger partial charge in [-0.3, -0.25) is 0 Å². The van der Waals surface area contributed by atoms with Crippen LogP contribution in [0.1, 0.15) is 36.8 Å². The van der Waals surface area contributed by atoms with Gasteiger partial charge >= 0.3 is 0 Å². The van der Waals surface area contributed by atoms with E-state index in [9.17, 15) is 0 Å². The van der Waals surface area contributed by atoms with Crippen LogP contribution in [0, 0.1) is 22.7 Å². The minimum absolute atomic E-state index is 0.193. The van der Waals surface area contributed by atoms with Gasteiger partial charge in [0.2, 0.25) is 0 Å². The van der Waals surface area contributed by atoms with Crippen molar-refractivity contribution in [2.75, 3.05) is 0 Å². The minimum atomic E-state index is 0.193. The quantitative estimate of drug-likeness (QED) is 0.847. The van der Waals surface area contributed by atoms with E-state index < -0.39 is 0 Å². The summed E-state index contributed by atoms with van der Waals surface area (Å²) in [5.41, 5.74) is 1.28. The fourth-order valence-corrected chi connectivity index (χ4v) is 2.87. The average molecular weight is 318 g/mol. The van der Waals surface area contributed by atoms with Crippen molar-refractivity contribution in [2.24, 2.45) is 0 Å². The van der Waals surface area contributed by atoms with E-state index in [2.05, 4.69) is 12.1 Å². The second-order valence-corrected chi connectivity index (χ2v) is 5.91. The van der Waals surface area contributed by atoms with Crippen molar-refractivity contribution in [3.8, 4) is 23.6 Å². The van der Waals surface area contributed by atoms with Gasteiger partial charge < -0.3 is 9.47 Å². The van der Waals surface area contributed by atoms with Crippen LogP contribution in [0.25, 0.3) is 0 Å². The predicted octanol–water partition coefficient (Wildman–Crippen LogP) is 4.20. The van der Waals surface area contributed by atoms with Gasteiger partial charge in [0, 0.05) is 0 Å². The van der Waals surface area contributed by atoms with E-state index in [0.717, 1.165) is 37.2 Å². The molecule has 120 valence electrons. The van der Waals surface area contributed by atoms with E-state index in [1.807, 2.05) is 24.3 Å². The lowest BCUT2D eigenvalue weighted by molar-refractivity contribution is 0.0806. The molecule has 4 heteroatoms. The summed E-state index contributed by atoms with van der Waals surface area (Å²) in [5.74, 6) is 1.62. The van der Waals surface area contributed by atoms with E-state index in [1.165, 1.54) is 0 Å². The first-order valence-corrected chi connectivity index (χ1v) is 8.10. The van der Waals surface area contributed by atoms with Crippen LogP contribution in [0.2, 0.25) is 0 Å². The lowest BCUT2D eigenvalue weighted by Gasteiger charge is -2.29. The Morgan fingerprint density at radius 1 is 0.625 bits per heavy atom. The van der Waals surface area contributed by atoms with Gasteiger partial charge in [0.15, 0.2) is 0 Å². The molecule has 0 unspecified atom stereocenters. The number of benzene rings is 2. The molecule has 0 aromatic heterocycles. The molecule has 2 aromatic rings. The molecule has 0 N–H and O–H groups in total. The summed E-state index contributed by atoms with van der Waals surface area (Å²) in [6.07, 6.45) is 4.17. The van der Waals surface area contributed by atoms with E-state index in [-0.39, 0.29) is 12.2 Å². The Labute approximate surface area is 141 Å². The predicted molar refractivity (Wildman–Crippen MR) is 89.6 cm³/mol. The largest absolute Gasteiger partial charge is 0.490 e. The van der Waals surface area contributed by atoms with Crippen LogP contribution in [0.5, 0.6) is 11.5 Å². The first kappa shape index (κ1) is 15.9. The molecule has 0 bridgehead atoms. The third kappa shape index (κ3) is 4.06. The van der Waals surface area contributed by atoms with Gasteiger partial charge in [0.05, 0.1) is 35.5 Å². The van der Waals surface area contributed by atoms with E-state index in [4.69, 9.17) is 20.0 Å². The fraction of sp³-hybridized carbons (Fsp3) is 0.300. The summed E-state index contributed by atoms with van der Waals surface area (Å²) in [6, 6.07) is 18.7. The standard InChI is InChI=1S/C20H18N2O2/c21-13-15-1-5-17(6-2-15)23-19-9-11-20(12-10-19)24-18-7-3-16(14-22)4-8-18/h1-8,19-20H,9-12H2/t19-,20+. The van der Waals surface area contributed by atoms with Crippen LogP contribution < -0.4 is 9.47 Å². The molecule has 1 saturated carbocycles. The van der Waals surface area contributed by atoms with Crippen LogP contribution >= 0.6 is 0 Å². The SMILES string of the molecule is N#Cc1ccc(O[C@H]2CC[C@@H](Oc3ccc(C#N)cc3)CC2)cc1. The highest BCUT2D eigenvalue weighted by molar-refractivity contribution is 5.35. The monoisotopic (exact) mass is 318 g/mol. The molecule has 1 aliphatic carbocycles. The highest BCUT2D eigenvalue weighted by Crippen LogP contribution is 2.27. The lowest BCUT2D eigenvalue weighted by atomic mass is 9.95. The molecule has 0 amide bonds. The molecule has 0 saturated heterocycles. The first-order chi connectivity index (χ1) is 11.8. The third-order valence-electron chi connectivity index (χ3n) is 4.19. The molecule has 0 atom stereocenters. The van der Waals surface area contributed by atoms with Crippen LogP contribution in [0.3, 0.4) is 0 Å². The van der Waals surface area contributed by atoms with Crippen molar-refractivity contribution in [1.29, 1.82) is 10.5 Å². The van der Waals surface area contributed by atoms with Crippen molar-refractivity contribution in [3.63, 3.8) is 0 Å². The fourth-order valence-electron chi connectivity index (χ4n) is 2.87. The minimum Gasteiger partial charge on any atom is -0.490 e. The summed E-state index contributed by atoms with van der Waals surface area (Å²) in [5, 5.41) is 17.6. The number of nitrogens with zero attached hydrogens (tertiary/aromatic N) is 2. The summed E-state index contributed by atoms with van der Waals surface area (Å²) in [6.45, 7) is 0. The van der Waals surface area contributed by atoms with Crippen molar-refractivity contribution < 1.29 is 9.47 Å². The van der Waals surface area contributed by atoms with Crippen LogP contribution in [0.4, 0.5) is 0 Å². The Hall–Kier alpha value is -2.98. The van der Waals surface area contributed by atoms with Gasteiger partial charge in [0.1, 0.15) is 11.5 Å². The Bertz CT molecular complexity index is 679. The highest BCUT2D eigenvalue weighted by atomic mass is 16.5. The molecule has 0 heterocycles. The second kappa shape index (κ2) is 7.53. The zero-order valence-corrected chi connectivity index (χ0v) is 13.3. The van der Waals surface area contributed by atoms with E-state index in [1.54, 1.807) is 24.3 Å². The normalized spacial score (nSPS) is 19.8. The van der Waals surface area contributed by atoms with Crippen LogP contribution in [-0.4, -0.2) is 12.2 Å². The Morgan fingerprint density at radius 2 is 0.958 bits per heavy atom. The molecule has 1 aliphatic rings. The zero-order valence-electron chi connectivity index (χ0n) is 13.3. The van der Waals surface area contributed by atoms with Gasteiger partial charge in [0.25, 0.3) is 0 Å². The summed E-state index contributed by atoms with van der Waals surface area (Å²) in [7, 11) is 0.